The lowest BCUT2D eigenvalue weighted by atomic mass is 10.3. The molecule has 0 unspecified atom stereocenters. The number of halogens is 3. The molecule has 0 saturated heterocycles. The third-order valence-corrected chi connectivity index (χ3v) is 2.99. The normalized spacial score (nSPS) is 10.3. The van der Waals surface area contributed by atoms with Gasteiger partial charge < -0.3 is 9.72 Å². The van der Waals surface area contributed by atoms with Gasteiger partial charge in [0.15, 0.2) is 5.02 Å². The first-order valence-corrected chi connectivity index (χ1v) is 5.99. The Morgan fingerprint density at radius 3 is 2.82 bits per heavy atom. The smallest absolute Gasteiger partial charge is 0.273 e. The average molecular weight is 336 g/mol. The van der Waals surface area contributed by atoms with Crippen molar-refractivity contribution in [2.45, 2.75) is 0 Å². The second-order valence-corrected chi connectivity index (χ2v) is 4.73. The van der Waals surface area contributed by atoms with E-state index in [1.165, 1.54) is 6.33 Å². The topological polar surface area (TPSA) is 55.0 Å². The second kappa shape index (κ2) is 5.08. The fraction of sp³-hybridized carbons (Fsp3) is 0. The predicted octanol–water partition coefficient (Wildman–Crippen LogP) is 3.63. The van der Waals surface area contributed by atoms with Gasteiger partial charge in [0.1, 0.15) is 5.75 Å². The molecule has 0 aliphatic carbocycles. The summed E-state index contributed by atoms with van der Waals surface area (Å²) in [6.07, 6.45) is 1.20. The molecule has 0 amide bonds. The van der Waals surface area contributed by atoms with Crippen molar-refractivity contribution < 1.29 is 4.74 Å². The van der Waals surface area contributed by atoms with Gasteiger partial charge >= 0.3 is 0 Å². The third kappa shape index (κ3) is 2.80. The lowest BCUT2D eigenvalue weighted by molar-refractivity contribution is 0.461. The summed E-state index contributed by atoms with van der Waals surface area (Å²) in [5, 5.41) is 0.268. The Bertz CT molecular complexity index is 615. The molecule has 0 aliphatic heterocycles. The monoisotopic (exact) mass is 334 g/mol. The molecule has 0 atom stereocenters. The zero-order chi connectivity index (χ0) is 12.4. The molecular weight excluding hydrogens is 331 g/mol. The van der Waals surface area contributed by atoms with E-state index in [0.717, 1.165) is 4.47 Å². The molecule has 0 fully saturated rings. The summed E-state index contributed by atoms with van der Waals surface area (Å²) in [6, 6.07) is 5.06. The van der Waals surface area contributed by atoms with E-state index in [4.69, 9.17) is 27.9 Å². The van der Waals surface area contributed by atoms with Crippen LogP contribution in [0.5, 0.6) is 11.6 Å². The molecule has 7 heteroatoms. The third-order valence-electron chi connectivity index (χ3n) is 1.87. The summed E-state index contributed by atoms with van der Waals surface area (Å²) < 4.78 is 6.18. The minimum atomic E-state index is -0.468. The van der Waals surface area contributed by atoms with Crippen molar-refractivity contribution in [2.75, 3.05) is 0 Å². The molecule has 2 rings (SSSR count). The van der Waals surface area contributed by atoms with E-state index in [1.54, 1.807) is 18.2 Å². The maximum absolute atomic E-state index is 11.2. The van der Waals surface area contributed by atoms with E-state index in [2.05, 4.69) is 25.9 Å². The number of nitrogens with one attached hydrogen (secondary N) is 1. The van der Waals surface area contributed by atoms with Crippen LogP contribution in [0.3, 0.4) is 0 Å². The van der Waals surface area contributed by atoms with Crippen molar-refractivity contribution in [3.05, 3.63) is 49.4 Å². The highest BCUT2D eigenvalue weighted by atomic mass is 79.9. The summed E-state index contributed by atoms with van der Waals surface area (Å²) in [4.78, 5) is 17.4. The molecule has 1 N–H and O–H groups in total. The van der Waals surface area contributed by atoms with Crippen molar-refractivity contribution in [1.82, 2.24) is 9.97 Å². The Morgan fingerprint density at radius 2 is 2.12 bits per heavy atom. The van der Waals surface area contributed by atoms with Crippen LogP contribution in [0, 0.1) is 0 Å². The zero-order valence-electron chi connectivity index (χ0n) is 8.21. The highest BCUT2D eigenvalue weighted by Crippen LogP contribution is 2.32. The Hall–Kier alpha value is -1.04. The van der Waals surface area contributed by atoms with Gasteiger partial charge in [-0.05, 0) is 18.2 Å². The van der Waals surface area contributed by atoms with Crippen LogP contribution < -0.4 is 10.3 Å². The van der Waals surface area contributed by atoms with Crippen LogP contribution in [0.4, 0.5) is 0 Å². The van der Waals surface area contributed by atoms with Gasteiger partial charge in [-0.2, -0.15) is 0 Å². The van der Waals surface area contributed by atoms with E-state index in [0.29, 0.717) is 10.8 Å². The van der Waals surface area contributed by atoms with Crippen LogP contribution in [0.25, 0.3) is 0 Å². The summed E-state index contributed by atoms with van der Waals surface area (Å²) in [5.41, 5.74) is -0.468. The molecule has 88 valence electrons. The maximum atomic E-state index is 11.2. The van der Waals surface area contributed by atoms with E-state index >= 15 is 0 Å². The minimum absolute atomic E-state index is 0.0136. The van der Waals surface area contributed by atoms with Gasteiger partial charge in [-0.25, -0.2) is 4.98 Å². The highest BCUT2D eigenvalue weighted by Gasteiger charge is 2.10. The van der Waals surface area contributed by atoms with Crippen molar-refractivity contribution in [1.29, 1.82) is 0 Å². The number of hydrogen-bond acceptors (Lipinski definition) is 3. The quantitative estimate of drug-likeness (QED) is 0.911. The van der Waals surface area contributed by atoms with E-state index in [-0.39, 0.29) is 10.9 Å². The molecule has 0 radical (unpaired) electrons. The number of nitrogens with zero attached hydrogens (tertiary/aromatic N) is 1. The van der Waals surface area contributed by atoms with Gasteiger partial charge in [-0.1, -0.05) is 39.1 Å². The highest BCUT2D eigenvalue weighted by molar-refractivity contribution is 9.10. The summed E-state index contributed by atoms with van der Waals surface area (Å²) in [6.45, 7) is 0. The van der Waals surface area contributed by atoms with Crippen LogP contribution in [-0.4, -0.2) is 9.97 Å². The maximum Gasteiger partial charge on any atom is 0.273 e. The van der Waals surface area contributed by atoms with Crippen LogP contribution in [0.2, 0.25) is 10.0 Å². The SMILES string of the molecule is O=c1[nH]cnc(Oc2ccc(Br)cc2Cl)c1Cl. The molecule has 1 aromatic carbocycles. The summed E-state index contributed by atoms with van der Waals surface area (Å²) >= 11 is 15.0. The standard InChI is InChI=1S/C10H5BrCl2N2O2/c11-5-1-2-7(6(12)3-5)17-10-8(13)9(16)14-4-15-10/h1-4H,(H,14,15,16). The van der Waals surface area contributed by atoms with Gasteiger partial charge in [0, 0.05) is 4.47 Å². The Kier molecular flexibility index (Phi) is 3.71. The molecule has 0 bridgehead atoms. The number of benzene rings is 1. The van der Waals surface area contributed by atoms with E-state index in [1.807, 2.05) is 0 Å². The first-order valence-electron chi connectivity index (χ1n) is 4.44. The van der Waals surface area contributed by atoms with Gasteiger partial charge in [0.05, 0.1) is 11.3 Å². The number of rotatable bonds is 2. The van der Waals surface area contributed by atoms with Gasteiger partial charge in [-0.15, -0.1) is 0 Å². The van der Waals surface area contributed by atoms with Crippen LogP contribution >= 0.6 is 39.1 Å². The fourth-order valence-electron chi connectivity index (χ4n) is 1.10. The van der Waals surface area contributed by atoms with Crippen LogP contribution in [0.1, 0.15) is 0 Å². The summed E-state index contributed by atoms with van der Waals surface area (Å²) in [5.74, 6) is 0.384. The molecule has 0 saturated carbocycles. The number of aromatic amines is 1. The van der Waals surface area contributed by atoms with Crippen molar-refractivity contribution >= 4 is 39.1 Å². The Labute approximate surface area is 115 Å². The molecule has 1 aromatic heterocycles. The van der Waals surface area contributed by atoms with E-state index < -0.39 is 5.56 Å². The Morgan fingerprint density at radius 1 is 1.35 bits per heavy atom. The van der Waals surface area contributed by atoms with E-state index in [9.17, 15) is 4.79 Å². The van der Waals surface area contributed by atoms with Crippen LogP contribution in [-0.2, 0) is 0 Å². The first kappa shape index (κ1) is 12.4. The molecule has 17 heavy (non-hydrogen) atoms. The fourth-order valence-corrected chi connectivity index (χ4v) is 1.95. The van der Waals surface area contributed by atoms with Crippen molar-refractivity contribution in [3.8, 4) is 11.6 Å². The number of aromatic nitrogens is 2. The number of H-pyrrole nitrogens is 1. The molecule has 0 aliphatic rings. The van der Waals surface area contributed by atoms with Gasteiger partial charge in [0.25, 0.3) is 5.56 Å². The van der Waals surface area contributed by atoms with Gasteiger partial charge in [0.2, 0.25) is 5.88 Å². The largest absolute Gasteiger partial charge is 0.436 e. The molecule has 4 nitrogen and oxygen atoms in total. The van der Waals surface area contributed by atoms with Crippen molar-refractivity contribution in [2.24, 2.45) is 0 Å². The molecular formula is C10H5BrCl2N2O2. The van der Waals surface area contributed by atoms with Gasteiger partial charge in [-0.3, -0.25) is 4.79 Å². The zero-order valence-corrected chi connectivity index (χ0v) is 11.3. The second-order valence-electron chi connectivity index (χ2n) is 3.03. The average Bonchev–Trinajstić information content (AvgIpc) is 2.28. The minimum Gasteiger partial charge on any atom is -0.436 e. The summed E-state index contributed by atoms with van der Waals surface area (Å²) in [7, 11) is 0. The lowest BCUT2D eigenvalue weighted by Crippen LogP contribution is -2.07. The number of hydrogen-bond donors (Lipinski definition) is 1. The molecule has 0 spiro atoms. The molecule has 1 heterocycles. The predicted molar refractivity (Wildman–Crippen MR) is 69.1 cm³/mol. The van der Waals surface area contributed by atoms with Crippen LogP contribution in [0.15, 0.2) is 33.8 Å². The number of ether oxygens (including phenoxy) is 1. The first-order chi connectivity index (χ1) is 8.08. The Balaban J connectivity index is 2.38. The molecule has 2 aromatic rings. The lowest BCUT2D eigenvalue weighted by Gasteiger charge is -2.07. The van der Waals surface area contributed by atoms with Crippen molar-refractivity contribution in [3.63, 3.8) is 0 Å².